The summed E-state index contributed by atoms with van der Waals surface area (Å²) in [6.45, 7) is 1.50. The molecule has 1 N–H and O–H groups in total. The van der Waals surface area contributed by atoms with Crippen molar-refractivity contribution < 1.29 is 28.8 Å². The van der Waals surface area contributed by atoms with Gasteiger partial charge in [-0.25, -0.2) is 4.90 Å². The number of imide groups is 1. The molecule has 2 aromatic rings. The number of Topliss-reactive ketones (excluding diaryl/α,β-unsaturated/α-hetero) is 1. The lowest BCUT2D eigenvalue weighted by Crippen LogP contribution is -3.12. The van der Waals surface area contributed by atoms with Crippen LogP contribution in [-0.4, -0.2) is 37.9 Å². The van der Waals surface area contributed by atoms with Gasteiger partial charge in [-0.15, -0.1) is 0 Å². The zero-order valence-electron chi connectivity index (χ0n) is 17.5. The third-order valence-electron chi connectivity index (χ3n) is 6.69. The van der Waals surface area contributed by atoms with E-state index in [0.717, 1.165) is 16.0 Å². The van der Waals surface area contributed by atoms with Gasteiger partial charge in [0.25, 0.3) is 0 Å². The average molecular weight is 419 g/mol. The molecule has 2 aromatic carbocycles. The second-order valence-corrected chi connectivity index (χ2v) is 8.13. The summed E-state index contributed by atoms with van der Waals surface area (Å²) < 4.78 is 10.7. The molecular weight excluding hydrogens is 396 g/mol. The second kappa shape index (κ2) is 7.06. The van der Waals surface area contributed by atoms with Crippen molar-refractivity contribution >= 4 is 29.4 Å². The Balaban J connectivity index is 1.66. The van der Waals surface area contributed by atoms with Gasteiger partial charge in [0.1, 0.15) is 29.4 Å². The first kappa shape index (κ1) is 19.5. The summed E-state index contributed by atoms with van der Waals surface area (Å²) in [6.07, 6.45) is 3.89. The lowest BCUT2D eigenvalue weighted by atomic mass is 9.84. The van der Waals surface area contributed by atoms with Crippen LogP contribution in [0.3, 0.4) is 0 Å². The maximum absolute atomic E-state index is 13.8. The number of hydrogen-bond donors (Lipinski definition) is 1. The van der Waals surface area contributed by atoms with E-state index < -0.39 is 17.9 Å². The van der Waals surface area contributed by atoms with Crippen molar-refractivity contribution in [1.82, 2.24) is 0 Å². The highest BCUT2D eigenvalue weighted by atomic mass is 16.5. The molecule has 1 unspecified atom stereocenters. The molecule has 158 valence electrons. The van der Waals surface area contributed by atoms with Crippen LogP contribution in [0.5, 0.6) is 11.5 Å². The summed E-state index contributed by atoms with van der Waals surface area (Å²) in [4.78, 5) is 42.2. The van der Waals surface area contributed by atoms with Crippen LogP contribution in [0.15, 0.2) is 48.7 Å². The Bertz CT molecular complexity index is 1140. The SMILES string of the molecule is COc1ccc(OC)c(N2C(=O)[C@@H]3[C@H](C2=O)[C@H]2c4ccccc4C=C[NH+]2[C@@H]3C(C)=O)c1. The number of fused-ring (bicyclic) bond motifs is 5. The van der Waals surface area contributed by atoms with E-state index in [9.17, 15) is 14.4 Å². The van der Waals surface area contributed by atoms with E-state index in [-0.39, 0.29) is 23.6 Å². The monoisotopic (exact) mass is 419 g/mol. The van der Waals surface area contributed by atoms with Crippen LogP contribution in [0.2, 0.25) is 0 Å². The van der Waals surface area contributed by atoms with E-state index in [1.165, 1.54) is 26.0 Å². The third kappa shape index (κ3) is 2.66. The molecule has 0 aromatic heterocycles. The predicted octanol–water partition coefficient (Wildman–Crippen LogP) is 1.39. The van der Waals surface area contributed by atoms with Gasteiger partial charge in [-0.05, 0) is 23.8 Å². The Labute approximate surface area is 179 Å². The molecular formula is C24H23N2O5+. The van der Waals surface area contributed by atoms with E-state index in [0.29, 0.717) is 17.2 Å². The Kier molecular flexibility index (Phi) is 4.44. The molecule has 2 amide bonds. The van der Waals surface area contributed by atoms with Crippen molar-refractivity contribution in [2.75, 3.05) is 19.1 Å². The number of anilines is 1. The van der Waals surface area contributed by atoms with E-state index in [4.69, 9.17) is 9.47 Å². The molecule has 5 atom stereocenters. The number of amides is 2. The highest BCUT2D eigenvalue weighted by Gasteiger charge is 2.67. The Morgan fingerprint density at radius 1 is 1.00 bits per heavy atom. The zero-order valence-corrected chi connectivity index (χ0v) is 17.5. The minimum Gasteiger partial charge on any atom is -0.497 e. The molecule has 0 bridgehead atoms. The maximum Gasteiger partial charge on any atom is 0.244 e. The van der Waals surface area contributed by atoms with Crippen LogP contribution in [-0.2, 0) is 14.4 Å². The van der Waals surface area contributed by atoms with Gasteiger partial charge in [-0.2, -0.15) is 0 Å². The molecule has 7 heteroatoms. The molecule has 3 heterocycles. The van der Waals surface area contributed by atoms with E-state index >= 15 is 0 Å². The first-order chi connectivity index (χ1) is 15.0. The van der Waals surface area contributed by atoms with Gasteiger partial charge >= 0.3 is 0 Å². The molecule has 2 saturated heterocycles. The average Bonchev–Trinajstić information content (AvgIpc) is 3.26. The van der Waals surface area contributed by atoms with Crippen molar-refractivity contribution in [3.05, 3.63) is 59.8 Å². The number of carbonyl (C=O) groups excluding carboxylic acids is 3. The number of ketones is 1. The van der Waals surface area contributed by atoms with E-state index in [1.807, 2.05) is 36.5 Å². The molecule has 0 radical (unpaired) electrons. The number of rotatable bonds is 4. The van der Waals surface area contributed by atoms with Crippen LogP contribution in [0.1, 0.15) is 24.1 Å². The second-order valence-electron chi connectivity index (χ2n) is 8.13. The van der Waals surface area contributed by atoms with Crippen molar-refractivity contribution in [2.24, 2.45) is 11.8 Å². The molecule has 0 aliphatic carbocycles. The number of benzene rings is 2. The molecule has 3 aliphatic rings. The molecule has 7 nitrogen and oxygen atoms in total. The van der Waals surface area contributed by atoms with E-state index in [1.54, 1.807) is 18.2 Å². The normalized spacial score (nSPS) is 28.2. The standard InChI is InChI=1S/C24H22N2O5/c1-13(27)21-19-20(22-16-7-5-4-6-14(16)10-11-25(21)22)24(29)26(23(19)28)17-12-15(30-2)8-9-18(17)31-3/h4-12,19-22H,1-3H3/p+1/t19-,20+,21-,22-/m1/s1. The number of ether oxygens (including phenoxy) is 2. The fourth-order valence-electron chi connectivity index (χ4n) is 5.43. The highest BCUT2D eigenvalue weighted by Crippen LogP contribution is 2.46. The largest absolute Gasteiger partial charge is 0.497 e. The zero-order chi connectivity index (χ0) is 21.9. The third-order valence-corrected chi connectivity index (χ3v) is 6.69. The summed E-state index contributed by atoms with van der Waals surface area (Å²) in [5.41, 5.74) is 2.34. The smallest absolute Gasteiger partial charge is 0.244 e. The topological polar surface area (TPSA) is 77.3 Å². The number of nitrogens with one attached hydrogen (secondary N) is 1. The molecule has 3 aliphatic heterocycles. The fraction of sp³-hybridized carbons (Fsp3) is 0.292. The van der Waals surface area contributed by atoms with Crippen molar-refractivity contribution in [3.8, 4) is 11.5 Å². The summed E-state index contributed by atoms with van der Waals surface area (Å²) in [5.74, 6) is -1.22. The molecule has 0 spiro atoms. The van der Waals surface area contributed by atoms with Crippen LogP contribution in [0.4, 0.5) is 5.69 Å². The van der Waals surface area contributed by atoms with Crippen molar-refractivity contribution in [2.45, 2.75) is 19.0 Å². The highest BCUT2D eigenvalue weighted by molar-refractivity contribution is 6.24. The van der Waals surface area contributed by atoms with Gasteiger partial charge < -0.3 is 9.47 Å². The molecule has 2 fully saturated rings. The number of quaternary nitrogens is 1. The number of hydrogen-bond acceptors (Lipinski definition) is 5. The number of nitrogens with zero attached hydrogens (tertiary/aromatic N) is 1. The summed E-state index contributed by atoms with van der Waals surface area (Å²) >= 11 is 0. The number of carbonyl (C=O) groups is 3. The van der Waals surface area contributed by atoms with Gasteiger partial charge in [0.05, 0.1) is 26.1 Å². The van der Waals surface area contributed by atoms with Crippen LogP contribution in [0.25, 0.3) is 6.08 Å². The van der Waals surface area contributed by atoms with Crippen molar-refractivity contribution in [1.29, 1.82) is 0 Å². The van der Waals surface area contributed by atoms with Crippen molar-refractivity contribution in [3.63, 3.8) is 0 Å². The first-order valence-corrected chi connectivity index (χ1v) is 10.2. The first-order valence-electron chi connectivity index (χ1n) is 10.2. The summed E-state index contributed by atoms with van der Waals surface area (Å²) in [6, 6.07) is 11.9. The fourth-order valence-corrected chi connectivity index (χ4v) is 5.43. The van der Waals surface area contributed by atoms with Crippen LogP contribution in [0, 0.1) is 11.8 Å². The Morgan fingerprint density at radius 2 is 1.74 bits per heavy atom. The molecule has 0 saturated carbocycles. The van der Waals surface area contributed by atoms with Gasteiger partial charge in [0.2, 0.25) is 11.8 Å². The lowest BCUT2D eigenvalue weighted by molar-refractivity contribution is -0.884. The Morgan fingerprint density at radius 3 is 2.45 bits per heavy atom. The maximum atomic E-state index is 13.8. The van der Waals surface area contributed by atoms with Gasteiger partial charge in [0, 0.05) is 18.6 Å². The minimum absolute atomic E-state index is 0.0999. The van der Waals surface area contributed by atoms with Crippen LogP contribution < -0.4 is 19.3 Å². The quantitative estimate of drug-likeness (QED) is 0.758. The van der Waals surface area contributed by atoms with E-state index in [2.05, 4.69) is 0 Å². The van der Waals surface area contributed by atoms with Gasteiger partial charge in [0.15, 0.2) is 11.8 Å². The van der Waals surface area contributed by atoms with Crippen LogP contribution >= 0.6 is 0 Å². The summed E-state index contributed by atoms with van der Waals surface area (Å²) in [7, 11) is 3.01. The number of methoxy groups -OCH3 is 2. The minimum atomic E-state index is -0.725. The van der Waals surface area contributed by atoms with Gasteiger partial charge in [-0.3, -0.25) is 19.3 Å². The summed E-state index contributed by atoms with van der Waals surface area (Å²) in [5, 5.41) is 0. The molecule has 5 rings (SSSR count). The predicted molar refractivity (Wildman–Crippen MR) is 113 cm³/mol. The lowest BCUT2D eigenvalue weighted by Gasteiger charge is -2.30. The molecule has 31 heavy (non-hydrogen) atoms. The Hall–Kier alpha value is -3.45. The van der Waals surface area contributed by atoms with Gasteiger partial charge in [-0.1, -0.05) is 24.3 Å².